The molecule has 27 heavy (non-hydrogen) atoms. The Hall–Kier alpha value is -2.44. The van der Waals surface area contributed by atoms with E-state index in [1.807, 2.05) is 32.0 Å². The summed E-state index contributed by atoms with van der Waals surface area (Å²) in [7, 11) is 0. The molecule has 1 heterocycles. The number of aryl methyl sites for hydroxylation is 2. The molecule has 0 aliphatic carbocycles. The van der Waals surface area contributed by atoms with Gasteiger partial charge in [-0.25, -0.2) is 9.82 Å². The third kappa shape index (κ3) is 4.84. The number of hydrazone groups is 1. The van der Waals surface area contributed by atoms with Crippen LogP contribution in [0.25, 0.3) is 10.9 Å². The molecule has 0 aliphatic heterocycles. The zero-order valence-electron chi connectivity index (χ0n) is 14.8. The van der Waals surface area contributed by atoms with Crippen LogP contribution >= 0.6 is 23.4 Å². The van der Waals surface area contributed by atoms with Crippen LogP contribution in [0.5, 0.6) is 0 Å². The minimum Gasteiger partial charge on any atom is -0.272 e. The molecule has 0 bridgehead atoms. The molecule has 1 aromatic heterocycles. The number of amides is 1. The predicted octanol–water partition coefficient (Wildman–Crippen LogP) is 4.89. The highest BCUT2D eigenvalue weighted by Gasteiger charge is 2.08. The number of rotatable bonds is 5. The van der Waals surface area contributed by atoms with Crippen molar-refractivity contribution in [2.24, 2.45) is 5.10 Å². The van der Waals surface area contributed by atoms with Crippen molar-refractivity contribution in [1.29, 1.82) is 0 Å². The Morgan fingerprint density at radius 2 is 2.11 bits per heavy atom. The molecule has 0 spiro atoms. The number of nitrogens with zero attached hydrogens (tertiary/aromatic N) is 2. The number of hydrogen-bond donors (Lipinski definition) is 1. The fourth-order valence-electron chi connectivity index (χ4n) is 2.53. The maximum atomic E-state index is 13.7. The molecule has 3 aromatic rings. The molecule has 4 nitrogen and oxygen atoms in total. The van der Waals surface area contributed by atoms with Gasteiger partial charge in [-0.05, 0) is 44.2 Å². The Bertz CT molecular complexity index is 1020. The van der Waals surface area contributed by atoms with Crippen LogP contribution in [-0.2, 0) is 4.79 Å². The van der Waals surface area contributed by atoms with Crippen LogP contribution in [0.1, 0.15) is 16.8 Å². The van der Waals surface area contributed by atoms with Gasteiger partial charge in [0, 0.05) is 21.5 Å². The third-order valence-electron chi connectivity index (χ3n) is 3.80. The molecule has 2 aromatic carbocycles. The zero-order valence-corrected chi connectivity index (χ0v) is 16.4. The largest absolute Gasteiger partial charge is 0.272 e. The average Bonchev–Trinajstić information content (AvgIpc) is 2.62. The van der Waals surface area contributed by atoms with E-state index in [1.54, 1.807) is 6.07 Å². The monoisotopic (exact) mass is 401 g/mol. The van der Waals surface area contributed by atoms with Crippen molar-refractivity contribution in [3.05, 3.63) is 70.1 Å². The van der Waals surface area contributed by atoms with Crippen molar-refractivity contribution in [3.63, 3.8) is 0 Å². The summed E-state index contributed by atoms with van der Waals surface area (Å²) < 4.78 is 13.7. The highest BCUT2D eigenvalue weighted by atomic mass is 35.5. The van der Waals surface area contributed by atoms with E-state index in [2.05, 4.69) is 21.6 Å². The van der Waals surface area contributed by atoms with Crippen LogP contribution in [0.3, 0.4) is 0 Å². The quantitative estimate of drug-likeness (QED) is 0.376. The number of benzene rings is 2. The predicted molar refractivity (Wildman–Crippen MR) is 109 cm³/mol. The summed E-state index contributed by atoms with van der Waals surface area (Å²) in [5.74, 6) is -0.613. The van der Waals surface area contributed by atoms with Crippen LogP contribution in [-0.4, -0.2) is 22.9 Å². The normalized spacial score (nSPS) is 11.3. The molecule has 138 valence electrons. The van der Waals surface area contributed by atoms with E-state index in [0.717, 1.165) is 27.1 Å². The van der Waals surface area contributed by atoms with Gasteiger partial charge in [-0.1, -0.05) is 29.3 Å². The van der Waals surface area contributed by atoms with Gasteiger partial charge >= 0.3 is 0 Å². The number of aromatic nitrogens is 1. The number of fused-ring (bicyclic) bond motifs is 1. The van der Waals surface area contributed by atoms with Crippen molar-refractivity contribution in [3.8, 4) is 0 Å². The summed E-state index contributed by atoms with van der Waals surface area (Å²) in [5, 5.41) is 5.04. The van der Waals surface area contributed by atoms with E-state index in [9.17, 15) is 9.18 Å². The lowest BCUT2D eigenvalue weighted by Crippen LogP contribution is -2.19. The van der Waals surface area contributed by atoms with Gasteiger partial charge in [0.05, 0.1) is 22.5 Å². The Morgan fingerprint density at radius 1 is 1.30 bits per heavy atom. The molecule has 0 atom stereocenters. The molecule has 1 N–H and O–H groups in total. The van der Waals surface area contributed by atoms with Crippen LogP contribution in [0.2, 0.25) is 5.02 Å². The molecule has 0 aliphatic rings. The maximum absolute atomic E-state index is 13.7. The first-order valence-corrected chi connectivity index (χ1v) is 9.57. The van der Waals surface area contributed by atoms with Crippen molar-refractivity contribution in [2.45, 2.75) is 18.7 Å². The summed E-state index contributed by atoms with van der Waals surface area (Å²) in [6, 6.07) is 12.4. The summed E-state index contributed by atoms with van der Waals surface area (Å²) in [5.41, 5.74) is 5.46. The fourth-order valence-corrected chi connectivity index (χ4v) is 3.67. The van der Waals surface area contributed by atoms with E-state index in [1.165, 1.54) is 30.1 Å². The van der Waals surface area contributed by atoms with Crippen molar-refractivity contribution >= 4 is 46.4 Å². The van der Waals surface area contributed by atoms with Gasteiger partial charge in [0.15, 0.2) is 0 Å². The number of carbonyl (C=O) groups is 1. The second kappa shape index (κ2) is 8.50. The summed E-state index contributed by atoms with van der Waals surface area (Å²) in [6.45, 7) is 3.94. The lowest BCUT2D eigenvalue weighted by Gasteiger charge is -2.08. The first-order valence-electron chi connectivity index (χ1n) is 8.21. The molecule has 3 rings (SSSR count). The summed E-state index contributed by atoms with van der Waals surface area (Å²) in [4.78, 5) is 17.6. The molecule has 0 saturated heterocycles. The maximum Gasteiger partial charge on any atom is 0.250 e. The first-order chi connectivity index (χ1) is 12.9. The Labute approximate surface area is 165 Å². The van der Waals surface area contributed by atoms with Gasteiger partial charge in [0.25, 0.3) is 0 Å². The third-order valence-corrected chi connectivity index (χ3v) is 5.18. The van der Waals surface area contributed by atoms with Gasteiger partial charge in [0.2, 0.25) is 5.91 Å². The highest BCUT2D eigenvalue weighted by molar-refractivity contribution is 8.00. The number of pyridine rings is 1. The number of nitrogens with one attached hydrogen (secondary N) is 1. The van der Waals surface area contributed by atoms with Gasteiger partial charge in [0.1, 0.15) is 5.82 Å². The van der Waals surface area contributed by atoms with E-state index < -0.39 is 5.82 Å². The van der Waals surface area contributed by atoms with E-state index in [4.69, 9.17) is 11.6 Å². The summed E-state index contributed by atoms with van der Waals surface area (Å²) in [6.07, 6.45) is 1.20. The molecule has 0 unspecified atom stereocenters. The fraction of sp³-hybridized carbons (Fsp3) is 0.150. The smallest absolute Gasteiger partial charge is 0.250 e. The average molecular weight is 402 g/mol. The number of carbonyl (C=O) groups excluding carboxylic acids is 1. The van der Waals surface area contributed by atoms with E-state index in [-0.39, 0.29) is 22.2 Å². The molecule has 7 heteroatoms. The highest BCUT2D eigenvalue weighted by Crippen LogP contribution is 2.28. The minimum absolute atomic E-state index is 0.137. The molecule has 0 saturated carbocycles. The molecule has 0 fully saturated rings. The second-order valence-corrected chi connectivity index (χ2v) is 7.42. The molecule has 1 amide bonds. The topological polar surface area (TPSA) is 54.4 Å². The Morgan fingerprint density at radius 3 is 2.89 bits per heavy atom. The molecular weight excluding hydrogens is 385 g/mol. The lowest BCUT2D eigenvalue weighted by atomic mass is 10.1. The number of hydrogen-bond acceptors (Lipinski definition) is 4. The Balaban J connectivity index is 1.67. The molecular formula is C20H17ClFN3OS. The van der Waals surface area contributed by atoms with E-state index in [0.29, 0.717) is 0 Å². The van der Waals surface area contributed by atoms with Crippen molar-refractivity contribution < 1.29 is 9.18 Å². The van der Waals surface area contributed by atoms with Gasteiger partial charge in [-0.2, -0.15) is 5.10 Å². The van der Waals surface area contributed by atoms with Crippen LogP contribution in [0.4, 0.5) is 4.39 Å². The van der Waals surface area contributed by atoms with E-state index >= 15 is 0 Å². The summed E-state index contributed by atoms with van der Waals surface area (Å²) >= 11 is 7.32. The number of thioether (sulfide) groups is 1. The number of halogens is 2. The minimum atomic E-state index is -0.496. The first kappa shape index (κ1) is 19.3. The van der Waals surface area contributed by atoms with Crippen molar-refractivity contribution in [1.82, 2.24) is 10.4 Å². The Kier molecular flexibility index (Phi) is 6.08. The second-order valence-electron chi connectivity index (χ2n) is 6.00. The van der Waals surface area contributed by atoms with Crippen LogP contribution in [0, 0.1) is 19.7 Å². The zero-order chi connectivity index (χ0) is 19.4. The van der Waals surface area contributed by atoms with Crippen LogP contribution < -0.4 is 5.43 Å². The SMILES string of the molecule is Cc1ccc2nc(C)cc(SCC(=O)NN=Cc3c(F)cccc3Cl)c2c1. The van der Waals surface area contributed by atoms with Crippen LogP contribution in [0.15, 0.2) is 52.5 Å². The van der Waals surface area contributed by atoms with Crippen molar-refractivity contribution in [2.75, 3.05) is 5.75 Å². The van der Waals surface area contributed by atoms with Gasteiger partial charge < -0.3 is 0 Å². The van der Waals surface area contributed by atoms with Gasteiger partial charge in [-0.15, -0.1) is 11.8 Å². The van der Waals surface area contributed by atoms with Gasteiger partial charge in [-0.3, -0.25) is 9.78 Å². The standard InChI is InChI=1S/C20H17ClFN3OS/c1-12-6-7-18-14(8-12)19(9-13(2)24-18)27-11-20(26)25-23-10-15-16(21)4-3-5-17(15)22/h3-10H,11H2,1-2H3,(H,25,26). The lowest BCUT2D eigenvalue weighted by molar-refractivity contribution is -0.118. The molecule has 0 radical (unpaired) electrons.